The van der Waals surface area contributed by atoms with Crippen LogP contribution < -0.4 is 16.4 Å². The number of aryl methyl sites for hydroxylation is 2. The highest BCUT2D eigenvalue weighted by molar-refractivity contribution is 7.21. The average Bonchev–Trinajstić information content (AvgIpc) is 3.03. The molecule has 1 atom stereocenters. The predicted molar refractivity (Wildman–Crippen MR) is 113 cm³/mol. The quantitative estimate of drug-likeness (QED) is 0.532. The molecule has 156 valence electrons. The fourth-order valence-corrected chi connectivity index (χ4v) is 3.86. The number of imide groups is 1. The van der Waals surface area contributed by atoms with Gasteiger partial charge in [0.2, 0.25) is 0 Å². The van der Waals surface area contributed by atoms with Crippen molar-refractivity contribution in [3.63, 3.8) is 0 Å². The lowest BCUT2D eigenvalue weighted by molar-refractivity contribution is -0.127. The van der Waals surface area contributed by atoms with Crippen LogP contribution in [0.25, 0.3) is 10.2 Å². The van der Waals surface area contributed by atoms with Gasteiger partial charge in [0.05, 0.1) is 16.8 Å². The Hall–Kier alpha value is -3.53. The number of anilines is 1. The highest BCUT2D eigenvalue weighted by Gasteiger charge is 2.25. The van der Waals surface area contributed by atoms with Crippen LogP contribution in [0.4, 0.5) is 10.5 Å². The predicted octanol–water partition coefficient (Wildman–Crippen LogP) is 2.46. The number of carbonyl (C=O) groups excluding carboxylic acids is 3. The summed E-state index contributed by atoms with van der Waals surface area (Å²) in [5, 5.41) is 5.30. The van der Waals surface area contributed by atoms with Gasteiger partial charge >= 0.3 is 12.0 Å². The summed E-state index contributed by atoms with van der Waals surface area (Å²) in [7, 11) is 0. The summed E-state index contributed by atoms with van der Waals surface area (Å²) in [6, 6.07) is 8.55. The molecule has 0 fully saturated rings. The summed E-state index contributed by atoms with van der Waals surface area (Å²) in [6.45, 7) is 5.15. The Morgan fingerprint density at radius 2 is 1.87 bits per heavy atom. The Morgan fingerprint density at radius 3 is 2.57 bits per heavy atom. The van der Waals surface area contributed by atoms with Crippen molar-refractivity contribution in [2.75, 3.05) is 5.73 Å². The van der Waals surface area contributed by atoms with Crippen molar-refractivity contribution in [2.24, 2.45) is 0 Å². The van der Waals surface area contributed by atoms with Gasteiger partial charge in [0.25, 0.3) is 5.91 Å². The van der Waals surface area contributed by atoms with Crippen molar-refractivity contribution >= 4 is 45.1 Å². The molecule has 4 N–H and O–H groups in total. The summed E-state index contributed by atoms with van der Waals surface area (Å²) in [4.78, 5) is 45.9. The Labute approximate surface area is 176 Å². The fourth-order valence-electron chi connectivity index (χ4n) is 2.79. The second-order valence-corrected chi connectivity index (χ2v) is 7.59. The van der Waals surface area contributed by atoms with E-state index in [0.29, 0.717) is 21.7 Å². The van der Waals surface area contributed by atoms with Crippen molar-refractivity contribution in [1.82, 2.24) is 20.6 Å². The first-order chi connectivity index (χ1) is 14.3. The molecule has 0 bridgehead atoms. The number of carbonyl (C=O) groups is 3. The number of hydrogen-bond donors (Lipinski definition) is 3. The van der Waals surface area contributed by atoms with Crippen LogP contribution in [0.5, 0.6) is 0 Å². The van der Waals surface area contributed by atoms with E-state index in [-0.39, 0.29) is 17.1 Å². The minimum absolute atomic E-state index is 0.140. The highest BCUT2D eigenvalue weighted by Crippen LogP contribution is 2.34. The standard InChI is InChI=1S/C20H21N5O4S/c1-10-14-15(21)16(30-18(14)24-12(3)23-10)19(27)29-11(2)17(26)25-20(28)22-9-13-7-5-4-6-8-13/h4-8,11H,9,21H2,1-3H3,(H2,22,25,26,28)/t11-/m0/s1. The number of benzene rings is 1. The topological polar surface area (TPSA) is 136 Å². The largest absolute Gasteiger partial charge is 0.448 e. The molecule has 10 heteroatoms. The first-order valence-corrected chi connectivity index (χ1v) is 9.94. The van der Waals surface area contributed by atoms with E-state index in [9.17, 15) is 14.4 Å². The van der Waals surface area contributed by atoms with E-state index in [2.05, 4.69) is 20.6 Å². The number of rotatable bonds is 5. The number of amides is 3. The molecule has 3 rings (SSSR count). The summed E-state index contributed by atoms with van der Waals surface area (Å²) in [6.07, 6.45) is -1.20. The van der Waals surface area contributed by atoms with Gasteiger partial charge in [-0.2, -0.15) is 0 Å². The lowest BCUT2D eigenvalue weighted by Gasteiger charge is -2.13. The number of nitrogens with zero attached hydrogens (tertiary/aromatic N) is 2. The number of esters is 1. The Kier molecular flexibility index (Phi) is 6.26. The second kappa shape index (κ2) is 8.87. The maximum atomic E-state index is 12.5. The molecule has 3 amide bonds. The third-order valence-corrected chi connectivity index (χ3v) is 5.33. The monoisotopic (exact) mass is 427 g/mol. The molecule has 2 heterocycles. The molecule has 0 aliphatic carbocycles. The van der Waals surface area contributed by atoms with Gasteiger partial charge in [-0.1, -0.05) is 30.3 Å². The van der Waals surface area contributed by atoms with E-state index in [1.165, 1.54) is 6.92 Å². The van der Waals surface area contributed by atoms with Crippen LogP contribution in [0.2, 0.25) is 0 Å². The molecule has 0 saturated heterocycles. The summed E-state index contributed by atoms with van der Waals surface area (Å²) in [5.74, 6) is -0.948. The van der Waals surface area contributed by atoms with Crippen LogP contribution in [-0.2, 0) is 16.1 Å². The van der Waals surface area contributed by atoms with Gasteiger partial charge in [0.1, 0.15) is 15.5 Å². The number of ether oxygens (including phenoxy) is 1. The SMILES string of the molecule is Cc1nc(C)c2c(N)c(C(=O)O[C@@H](C)C(=O)NC(=O)NCc3ccccc3)sc2n1. The van der Waals surface area contributed by atoms with E-state index < -0.39 is 24.0 Å². The van der Waals surface area contributed by atoms with Crippen LogP contribution in [0.1, 0.15) is 33.7 Å². The number of hydrogen-bond acceptors (Lipinski definition) is 8. The molecule has 30 heavy (non-hydrogen) atoms. The second-order valence-electron chi connectivity index (χ2n) is 6.59. The van der Waals surface area contributed by atoms with Crippen LogP contribution >= 0.6 is 11.3 Å². The zero-order valence-electron chi connectivity index (χ0n) is 16.7. The van der Waals surface area contributed by atoms with Crippen LogP contribution in [-0.4, -0.2) is 34.0 Å². The van der Waals surface area contributed by atoms with Crippen molar-refractivity contribution in [3.05, 3.63) is 52.3 Å². The van der Waals surface area contributed by atoms with Crippen molar-refractivity contribution in [2.45, 2.75) is 33.4 Å². The maximum Gasteiger partial charge on any atom is 0.351 e. The Bertz CT molecular complexity index is 1110. The normalized spacial score (nSPS) is 11.7. The number of nitrogen functional groups attached to an aromatic ring is 1. The molecule has 3 aromatic rings. The minimum Gasteiger partial charge on any atom is -0.448 e. The van der Waals surface area contributed by atoms with Crippen LogP contribution in [0.15, 0.2) is 30.3 Å². The highest BCUT2D eigenvalue weighted by atomic mass is 32.1. The summed E-state index contributed by atoms with van der Waals surface area (Å²) >= 11 is 1.07. The molecular formula is C20H21N5O4S. The zero-order valence-corrected chi connectivity index (χ0v) is 17.5. The van der Waals surface area contributed by atoms with E-state index >= 15 is 0 Å². The molecular weight excluding hydrogens is 406 g/mol. The van der Waals surface area contributed by atoms with Crippen molar-refractivity contribution in [1.29, 1.82) is 0 Å². The number of aromatic nitrogens is 2. The molecule has 0 saturated carbocycles. The van der Waals surface area contributed by atoms with Gasteiger partial charge < -0.3 is 15.8 Å². The minimum atomic E-state index is -1.20. The molecule has 2 aromatic heterocycles. The maximum absolute atomic E-state index is 12.5. The molecule has 0 aliphatic heterocycles. The summed E-state index contributed by atoms with van der Waals surface area (Å²) < 4.78 is 5.19. The Morgan fingerprint density at radius 1 is 1.17 bits per heavy atom. The van der Waals surface area contributed by atoms with E-state index in [1.807, 2.05) is 30.3 Å². The lowest BCUT2D eigenvalue weighted by Crippen LogP contribution is -2.44. The number of urea groups is 1. The van der Waals surface area contributed by atoms with Crippen LogP contribution in [0.3, 0.4) is 0 Å². The van der Waals surface area contributed by atoms with E-state index in [1.54, 1.807) is 13.8 Å². The van der Waals surface area contributed by atoms with Crippen molar-refractivity contribution in [3.8, 4) is 0 Å². The van der Waals surface area contributed by atoms with Gasteiger partial charge in [0, 0.05) is 6.54 Å². The third-order valence-electron chi connectivity index (χ3n) is 4.25. The number of thiophene rings is 1. The molecule has 0 spiro atoms. The van der Waals surface area contributed by atoms with Crippen LogP contribution in [0, 0.1) is 13.8 Å². The first kappa shape index (κ1) is 21.2. The molecule has 0 radical (unpaired) electrons. The molecule has 9 nitrogen and oxygen atoms in total. The smallest absolute Gasteiger partial charge is 0.351 e. The first-order valence-electron chi connectivity index (χ1n) is 9.13. The molecule has 1 aromatic carbocycles. The average molecular weight is 427 g/mol. The summed E-state index contributed by atoms with van der Waals surface area (Å²) in [5.41, 5.74) is 7.84. The molecule has 0 unspecified atom stereocenters. The number of nitrogens with two attached hydrogens (primary N) is 1. The number of fused-ring (bicyclic) bond motifs is 1. The van der Waals surface area contributed by atoms with Crippen molar-refractivity contribution < 1.29 is 19.1 Å². The number of nitrogens with one attached hydrogen (secondary N) is 2. The van der Waals surface area contributed by atoms with Gasteiger partial charge in [-0.25, -0.2) is 19.6 Å². The van der Waals surface area contributed by atoms with Gasteiger partial charge in [-0.15, -0.1) is 11.3 Å². The van der Waals surface area contributed by atoms with Gasteiger partial charge in [-0.3, -0.25) is 10.1 Å². The van der Waals surface area contributed by atoms with Gasteiger partial charge in [-0.05, 0) is 26.3 Å². The fraction of sp³-hybridized carbons (Fsp3) is 0.250. The lowest BCUT2D eigenvalue weighted by atomic mass is 10.2. The van der Waals surface area contributed by atoms with E-state index in [0.717, 1.165) is 16.9 Å². The zero-order chi connectivity index (χ0) is 21.8. The Balaban J connectivity index is 1.60. The molecule has 0 aliphatic rings. The van der Waals surface area contributed by atoms with E-state index in [4.69, 9.17) is 10.5 Å². The van der Waals surface area contributed by atoms with Gasteiger partial charge in [0.15, 0.2) is 6.10 Å². The third kappa shape index (κ3) is 4.71.